The predicted octanol–water partition coefficient (Wildman–Crippen LogP) is 1.98. The number of piperidine rings is 1. The first-order valence-corrected chi connectivity index (χ1v) is 6.99. The quantitative estimate of drug-likeness (QED) is 0.584. The molecule has 0 spiro atoms. The summed E-state index contributed by atoms with van der Waals surface area (Å²) in [5.41, 5.74) is 5.50. The molecule has 0 amide bonds. The van der Waals surface area contributed by atoms with Gasteiger partial charge in [-0.3, -0.25) is 10.3 Å². The van der Waals surface area contributed by atoms with Gasteiger partial charge in [-0.15, -0.1) is 0 Å². The molecule has 2 saturated heterocycles. The predicted molar refractivity (Wildman–Crippen MR) is 73.9 cm³/mol. The van der Waals surface area contributed by atoms with Gasteiger partial charge in [0.25, 0.3) is 0 Å². The molecule has 2 aliphatic heterocycles. The highest BCUT2D eigenvalue weighted by atomic mass is 16.5. The summed E-state index contributed by atoms with van der Waals surface area (Å²) in [6, 6.07) is 0.486. The maximum absolute atomic E-state index is 7.54. The van der Waals surface area contributed by atoms with Crippen molar-refractivity contribution < 1.29 is 4.74 Å². The minimum Gasteiger partial charge on any atom is -0.387 e. The molecule has 18 heavy (non-hydrogen) atoms. The monoisotopic (exact) mass is 253 g/mol. The topological polar surface area (TPSA) is 62.3 Å². The van der Waals surface area contributed by atoms with Gasteiger partial charge >= 0.3 is 0 Å². The average Bonchev–Trinajstić information content (AvgIpc) is 2.47. The molecule has 1 atom stereocenters. The highest BCUT2D eigenvalue weighted by molar-refractivity contribution is 5.79. The largest absolute Gasteiger partial charge is 0.387 e. The van der Waals surface area contributed by atoms with Crippen LogP contribution in [0.5, 0.6) is 0 Å². The maximum atomic E-state index is 7.54. The second-order valence-electron chi connectivity index (χ2n) is 6.95. The van der Waals surface area contributed by atoms with Crippen LogP contribution in [0.4, 0.5) is 0 Å². The number of nitrogens with two attached hydrogens (primary N) is 1. The van der Waals surface area contributed by atoms with Gasteiger partial charge in [-0.2, -0.15) is 0 Å². The van der Waals surface area contributed by atoms with Crippen molar-refractivity contribution in [1.29, 1.82) is 5.41 Å². The zero-order valence-electron chi connectivity index (χ0n) is 12.1. The SMILES string of the molecule is CC1(C)CC(N2CCC(C(=N)N)CC2)C(C)(C)O1. The standard InChI is InChI=1S/C14H27N3O/c1-13(2)9-11(14(3,4)18-13)17-7-5-10(6-8-17)12(15)16/h10-11H,5-9H2,1-4H3,(H3,15,16). The van der Waals surface area contributed by atoms with Crippen LogP contribution >= 0.6 is 0 Å². The molecule has 2 fully saturated rings. The van der Waals surface area contributed by atoms with E-state index in [2.05, 4.69) is 32.6 Å². The molecule has 0 aromatic carbocycles. The van der Waals surface area contributed by atoms with E-state index in [9.17, 15) is 0 Å². The van der Waals surface area contributed by atoms with Crippen molar-refractivity contribution in [3.8, 4) is 0 Å². The highest BCUT2D eigenvalue weighted by Crippen LogP contribution is 2.41. The Kier molecular flexibility index (Phi) is 3.45. The first-order chi connectivity index (χ1) is 8.21. The van der Waals surface area contributed by atoms with Crippen LogP contribution in [0.2, 0.25) is 0 Å². The Hall–Kier alpha value is -0.610. The van der Waals surface area contributed by atoms with E-state index in [-0.39, 0.29) is 11.2 Å². The van der Waals surface area contributed by atoms with Crippen LogP contribution in [-0.4, -0.2) is 41.1 Å². The van der Waals surface area contributed by atoms with Gasteiger partial charge in [0.1, 0.15) is 0 Å². The fraction of sp³-hybridized carbons (Fsp3) is 0.929. The van der Waals surface area contributed by atoms with E-state index >= 15 is 0 Å². The third-order valence-corrected chi connectivity index (χ3v) is 4.44. The smallest absolute Gasteiger partial charge is 0.0937 e. The van der Waals surface area contributed by atoms with Crippen molar-refractivity contribution in [3.63, 3.8) is 0 Å². The Balaban J connectivity index is 2.00. The second-order valence-corrected chi connectivity index (χ2v) is 6.95. The zero-order chi connectivity index (χ0) is 13.6. The summed E-state index contributed by atoms with van der Waals surface area (Å²) in [4.78, 5) is 2.54. The molecule has 3 N–H and O–H groups in total. The van der Waals surface area contributed by atoms with Crippen LogP contribution < -0.4 is 5.73 Å². The molecular weight excluding hydrogens is 226 g/mol. The van der Waals surface area contributed by atoms with Crippen molar-refractivity contribution in [2.24, 2.45) is 11.7 Å². The molecule has 1 unspecified atom stereocenters. The van der Waals surface area contributed by atoms with Crippen molar-refractivity contribution in [2.75, 3.05) is 13.1 Å². The number of likely N-dealkylation sites (tertiary alicyclic amines) is 1. The van der Waals surface area contributed by atoms with Gasteiger partial charge in [0.15, 0.2) is 0 Å². The number of rotatable bonds is 2. The van der Waals surface area contributed by atoms with Gasteiger partial charge in [-0.25, -0.2) is 0 Å². The molecule has 0 bridgehead atoms. The lowest BCUT2D eigenvalue weighted by atomic mass is 9.88. The van der Waals surface area contributed by atoms with Crippen LogP contribution in [-0.2, 0) is 4.74 Å². The highest BCUT2D eigenvalue weighted by Gasteiger charge is 2.48. The first kappa shape index (κ1) is 13.8. The van der Waals surface area contributed by atoms with E-state index in [1.165, 1.54) is 0 Å². The van der Waals surface area contributed by atoms with Gasteiger partial charge < -0.3 is 10.5 Å². The summed E-state index contributed by atoms with van der Waals surface area (Å²) in [5.74, 6) is 0.650. The number of hydrogen-bond acceptors (Lipinski definition) is 3. The van der Waals surface area contributed by atoms with Crippen molar-refractivity contribution in [2.45, 2.75) is 64.2 Å². The number of ether oxygens (including phenoxy) is 1. The Morgan fingerprint density at radius 3 is 2.17 bits per heavy atom. The molecule has 2 heterocycles. The zero-order valence-corrected chi connectivity index (χ0v) is 12.1. The number of nitrogens with one attached hydrogen (secondary N) is 1. The van der Waals surface area contributed by atoms with Gasteiger partial charge in [-0.05, 0) is 60.0 Å². The van der Waals surface area contributed by atoms with E-state index in [0.717, 1.165) is 32.4 Å². The molecule has 0 aromatic heterocycles. The lowest BCUT2D eigenvalue weighted by molar-refractivity contribution is -0.0822. The number of amidine groups is 1. The Bertz CT molecular complexity index is 330. The third kappa shape index (κ3) is 2.69. The molecule has 0 aromatic rings. The second kappa shape index (κ2) is 4.49. The van der Waals surface area contributed by atoms with Crippen molar-refractivity contribution >= 4 is 5.84 Å². The van der Waals surface area contributed by atoms with Crippen LogP contribution in [0.15, 0.2) is 0 Å². The summed E-state index contributed by atoms with van der Waals surface area (Å²) in [6.07, 6.45) is 3.12. The van der Waals surface area contributed by atoms with Gasteiger partial charge in [0.05, 0.1) is 17.0 Å². The molecule has 2 aliphatic rings. The van der Waals surface area contributed by atoms with Gasteiger partial charge in [0, 0.05) is 12.0 Å². The fourth-order valence-electron chi connectivity index (χ4n) is 3.62. The van der Waals surface area contributed by atoms with Gasteiger partial charge in [-0.1, -0.05) is 0 Å². The molecule has 0 saturated carbocycles. The Morgan fingerprint density at radius 1 is 1.22 bits per heavy atom. The number of hydrogen-bond donors (Lipinski definition) is 2. The average molecular weight is 253 g/mol. The van der Waals surface area contributed by atoms with Crippen LogP contribution in [0.3, 0.4) is 0 Å². The lowest BCUT2D eigenvalue weighted by Gasteiger charge is -2.40. The van der Waals surface area contributed by atoms with Crippen molar-refractivity contribution in [1.82, 2.24) is 4.90 Å². The maximum Gasteiger partial charge on any atom is 0.0937 e. The minimum atomic E-state index is -0.0768. The molecule has 2 rings (SSSR count). The summed E-state index contributed by atoms with van der Waals surface area (Å²) in [6.45, 7) is 10.8. The first-order valence-electron chi connectivity index (χ1n) is 6.99. The Morgan fingerprint density at radius 2 is 1.78 bits per heavy atom. The molecule has 0 aliphatic carbocycles. The molecule has 4 heteroatoms. The summed E-state index contributed by atoms with van der Waals surface area (Å²) in [5, 5.41) is 7.54. The minimum absolute atomic E-state index is 0.0222. The van der Waals surface area contributed by atoms with E-state index in [4.69, 9.17) is 15.9 Å². The lowest BCUT2D eigenvalue weighted by Crippen LogP contribution is -2.50. The van der Waals surface area contributed by atoms with Gasteiger partial charge in [0.2, 0.25) is 0 Å². The van der Waals surface area contributed by atoms with Crippen LogP contribution in [0.1, 0.15) is 47.0 Å². The van der Waals surface area contributed by atoms with Crippen molar-refractivity contribution in [3.05, 3.63) is 0 Å². The third-order valence-electron chi connectivity index (χ3n) is 4.44. The summed E-state index contributed by atoms with van der Waals surface area (Å²) < 4.78 is 6.17. The normalized spacial score (nSPS) is 32.6. The molecular formula is C14H27N3O. The molecule has 104 valence electrons. The van der Waals surface area contributed by atoms with Crippen LogP contribution in [0, 0.1) is 11.3 Å². The summed E-state index contributed by atoms with van der Waals surface area (Å²) in [7, 11) is 0. The summed E-state index contributed by atoms with van der Waals surface area (Å²) >= 11 is 0. The Labute approximate surface area is 110 Å². The van der Waals surface area contributed by atoms with E-state index in [1.54, 1.807) is 0 Å². The number of nitrogens with zero attached hydrogens (tertiary/aromatic N) is 1. The molecule has 0 radical (unpaired) electrons. The van der Waals surface area contributed by atoms with E-state index in [1.807, 2.05) is 0 Å². The van der Waals surface area contributed by atoms with E-state index in [0.29, 0.717) is 17.8 Å². The molecule has 4 nitrogen and oxygen atoms in total. The van der Waals surface area contributed by atoms with E-state index < -0.39 is 0 Å². The van der Waals surface area contributed by atoms with Crippen LogP contribution in [0.25, 0.3) is 0 Å². The fourth-order valence-corrected chi connectivity index (χ4v) is 3.62.